The maximum absolute atomic E-state index is 12.1. The lowest BCUT2D eigenvalue weighted by Crippen LogP contribution is -2.14. The van der Waals surface area contributed by atoms with Gasteiger partial charge in [0.1, 0.15) is 0 Å². The van der Waals surface area contributed by atoms with Crippen LogP contribution in [0.2, 0.25) is 0 Å². The number of carbonyl (C=O) groups is 1. The van der Waals surface area contributed by atoms with Crippen molar-refractivity contribution >= 4 is 49.1 Å². The lowest BCUT2D eigenvalue weighted by atomic mass is 10.1. The van der Waals surface area contributed by atoms with Crippen LogP contribution in [-0.4, -0.2) is 16.1 Å². The SMILES string of the molecule is Nc1cc(Br)cc(Br)c1NC(=O)c1cccc(O)c1O. The Kier molecular flexibility index (Phi) is 4.20. The van der Waals surface area contributed by atoms with E-state index in [2.05, 4.69) is 37.2 Å². The number of carbonyl (C=O) groups excluding carboxylic acids is 1. The summed E-state index contributed by atoms with van der Waals surface area (Å²) in [4.78, 5) is 12.1. The second-order valence-electron chi connectivity index (χ2n) is 3.98. The Hall–Kier alpha value is -1.73. The van der Waals surface area contributed by atoms with Crippen LogP contribution >= 0.6 is 31.9 Å². The molecule has 0 heterocycles. The number of nitrogens with two attached hydrogens (primary N) is 1. The van der Waals surface area contributed by atoms with Crippen LogP contribution in [0.25, 0.3) is 0 Å². The van der Waals surface area contributed by atoms with Crippen molar-refractivity contribution in [2.24, 2.45) is 0 Å². The topological polar surface area (TPSA) is 95.6 Å². The molecule has 2 aromatic rings. The third-order valence-electron chi connectivity index (χ3n) is 2.58. The third-order valence-corrected chi connectivity index (χ3v) is 3.67. The Morgan fingerprint density at radius 3 is 2.55 bits per heavy atom. The number of benzene rings is 2. The summed E-state index contributed by atoms with van der Waals surface area (Å²) in [5.74, 6) is -1.41. The Bertz CT molecular complexity index is 666. The fourth-order valence-electron chi connectivity index (χ4n) is 1.62. The molecule has 7 heteroatoms. The number of phenolic OH excluding ortho intramolecular Hbond substituents is 2. The number of amides is 1. The number of anilines is 2. The van der Waals surface area contributed by atoms with Crippen LogP contribution in [0.1, 0.15) is 10.4 Å². The lowest BCUT2D eigenvalue weighted by Gasteiger charge is -2.12. The zero-order valence-electron chi connectivity index (χ0n) is 10.0. The largest absolute Gasteiger partial charge is 0.504 e. The molecule has 5 nitrogen and oxygen atoms in total. The standard InChI is InChI=1S/C13H10Br2N2O3/c14-6-4-8(15)11(9(16)5-6)17-13(20)7-2-1-3-10(18)12(7)19/h1-5,18-19H,16H2,(H,17,20). The first-order valence-electron chi connectivity index (χ1n) is 5.47. The minimum Gasteiger partial charge on any atom is -0.504 e. The molecule has 0 radical (unpaired) electrons. The van der Waals surface area contributed by atoms with Crippen molar-refractivity contribution in [3.8, 4) is 11.5 Å². The number of para-hydroxylation sites is 1. The van der Waals surface area contributed by atoms with E-state index in [9.17, 15) is 15.0 Å². The van der Waals surface area contributed by atoms with E-state index in [4.69, 9.17) is 5.73 Å². The first-order valence-corrected chi connectivity index (χ1v) is 7.05. The number of hydrogen-bond acceptors (Lipinski definition) is 4. The van der Waals surface area contributed by atoms with Crippen LogP contribution < -0.4 is 11.1 Å². The molecule has 0 unspecified atom stereocenters. The number of nitrogen functional groups attached to an aromatic ring is 1. The van der Waals surface area contributed by atoms with Gasteiger partial charge < -0.3 is 21.3 Å². The van der Waals surface area contributed by atoms with Crippen molar-refractivity contribution in [2.75, 3.05) is 11.1 Å². The summed E-state index contributed by atoms with van der Waals surface area (Å²) in [6.45, 7) is 0. The minimum absolute atomic E-state index is 0.0424. The number of nitrogens with one attached hydrogen (secondary N) is 1. The molecule has 20 heavy (non-hydrogen) atoms. The average Bonchev–Trinajstić information content (AvgIpc) is 2.36. The van der Waals surface area contributed by atoms with Crippen molar-refractivity contribution in [3.63, 3.8) is 0 Å². The van der Waals surface area contributed by atoms with E-state index < -0.39 is 11.7 Å². The lowest BCUT2D eigenvalue weighted by molar-refractivity contribution is 0.102. The van der Waals surface area contributed by atoms with Crippen molar-refractivity contribution in [2.45, 2.75) is 0 Å². The maximum Gasteiger partial charge on any atom is 0.259 e. The molecule has 5 N–H and O–H groups in total. The molecule has 2 rings (SSSR count). The van der Waals surface area contributed by atoms with E-state index in [1.165, 1.54) is 18.2 Å². The van der Waals surface area contributed by atoms with E-state index in [-0.39, 0.29) is 11.3 Å². The van der Waals surface area contributed by atoms with Gasteiger partial charge in [-0.05, 0) is 40.2 Å². The summed E-state index contributed by atoms with van der Waals surface area (Å²) in [7, 11) is 0. The quantitative estimate of drug-likeness (QED) is 0.457. The number of rotatable bonds is 2. The maximum atomic E-state index is 12.1. The number of hydrogen-bond donors (Lipinski definition) is 4. The van der Waals surface area contributed by atoms with Crippen LogP contribution in [0.4, 0.5) is 11.4 Å². The Labute approximate surface area is 131 Å². The predicted molar refractivity (Wildman–Crippen MR) is 84.0 cm³/mol. The van der Waals surface area contributed by atoms with Gasteiger partial charge >= 0.3 is 0 Å². The fraction of sp³-hybridized carbons (Fsp3) is 0. The van der Waals surface area contributed by atoms with Gasteiger partial charge in [-0.15, -0.1) is 0 Å². The molecule has 0 aliphatic rings. The summed E-state index contributed by atoms with van der Waals surface area (Å²) < 4.78 is 1.36. The summed E-state index contributed by atoms with van der Waals surface area (Å²) in [5, 5.41) is 21.6. The highest BCUT2D eigenvalue weighted by molar-refractivity contribution is 9.11. The zero-order valence-corrected chi connectivity index (χ0v) is 13.2. The Balaban J connectivity index is 2.36. The molecule has 0 bridgehead atoms. The van der Waals surface area contributed by atoms with Crippen molar-refractivity contribution in [3.05, 3.63) is 44.8 Å². The van der Waals surface area contributed by atoms with Gasteiger partial charge in [0, 0.05) is 8.95 Å². The highest BCUT2D eigenvalue weighted by atomic mass is 79.9. The first-order chi connectivity index (χ1) is 9.40. The molecule has 0 atom stereocenters. The highest BCUT2D eigenvalue weighted by Gasteiger charge is 2.16. The summed E-state index contributed by atoms with van der Waals surface area (Å²) >= 11 is 6.58. The molecular weight excluding hydrogens is 392 g/mol. The van der Waals surface area contributed by atoms with Crippen LogP contribution in [0.15, 0.2) is 39.3 Å². The molecule has 0 aromatic heterocycles. The van der Waals surface area contributed by atoms with Crippen molar-refractivity contribution in [1.29, 1.82) is 0 Å². The van der Waals surface area contributed by atoms with Crippen molar-refractivity contribution < 1.29 is 15.0 Å². The van der Waals surface area contributed by atoms with Gasteiger partial charge in [-0.3, -0.25) is 4.79 Å². The van der Waals surface area contributed by atoms with Gasteiger partial charge in [0.25, 0.3) is 5.91 Å². The smallest absolute Gasteiger partial charge is 0.259 e. The van der Waals surface area contributed by atoms with E-state index in [0.29, 0.717) is 15.8 Å². The summed E-state index contributed by atoms with van der Waals surface area (Å²) in [5.41, 5.74) is 6.54. The second kappa shape index (κ2) is 5.72. The van der Waals surface area contributed by atoms with Crippen LogP contribution in [-0.2, 0) is 0 Å². The fourth-order valence-corrected chi connectivity index (χ4v) is 2.98. The number of aromatic hydroxyl groups is 2. The normalized spacial score (nSPS) is 10.3. The van der Waals surface area contributed by atoms with Gasteiger partial charge in [-0.25, -0.2) is 0 Å². The van der Waals surface area contributed by atoms with Gasteiger partial charge in [-0.1, -0.05) is 22.0 Å². The molecule has 0 aliphatic carbocycles. The van der Waals surface area contributed by atoms with Crippen molar-refractivity contribution in [1.82, 2.24) is 0 Å². The van der Waals surface area contributed by atoms with Gasteiger partial charge in [-0.2, -0.15) is 0 Å². The summed E-state index contributed by atoms with van der Waals surface area (Å²) in [6.07, 6.45) is 0. The second-order valence-corrected chi connectivity index (χ2v) is 5.75. The number of phenols is 2. The van der Waals surface area contributed by atoms with E-state index in [1.807, 2.05) is 0 Å². The first kappa shape index (κ1) is 14.7. The monoisotopic (exact) mass is 400 g/mol. The molecular formula is C13H10Br2N2O3. The van der Waals surface area contributed by atoms with Crippen LogP contribution in [0.5, 0.6) is 11.5 Å². The van der Waals surface area contributed by atoms with E-state index in [1.54, 1.807) is 12.1 Å². The van der Waals surface area contributed by atoms with Crippen LogP contribution in [0.3, 0.4) is 0 Å². The molecule has 2 aromatic carbocycles. The zero-order chi connectivity index (χ0) is 14.9. The van der Waals surface area contributed by atoms with Gasteiger partial charge in [0.05, 0.1) is 16.9 Å². The molecule has 0 fully saturated rings. The minimum atomic E-state index is -0.576. The van der Waals surface area contributed by atoms with E-state index in [0.717, 1.165) is 4.47 Å². The average molecular weight is 402 g/mol. The highest BCUT2D eigenvalue weighted by Crippen LogP contribution is 2.34. The van der Waals surface area contributed by atoms with Crippen LogP contribution in [0, 0.1) is 0 Å². The van der Waals surface area contributed by atoms with Gasteiger partial charge in [0.2, 0.25) is 0 Å². The predicted octanol–water partition coefficient (Wildman–Crippen LogP) is 3.46. The Morgan fingerprint density at radius 1 is 1.20 bits per heavy atom. The van der Waals surface area contributed by atoms with Gasteiger partial charge in [0.15, 0.2) is 11.5 Å². The Morgan fingerprint density at radius 2 is 1.90 bits per heavy atom. The molecule has 0 saturated carbocycles. The molecule has 0 aliphatic heterocycles. The molecule has 1 amide bonds. The molecule has 0 spiro atoms. The molecule has 104 valence electrons. The third kappa shape index (κ3) is 2.88. The molecule has 0 saturated heterocycles. The summed E-state index contributed by atoms with van der Waals surface area (Å²) in [6, 6.07) is 7.52. The number of halogens is 2. The van der Waals surface area contributed by atoms with E-state index >= 15 is 0 Å².